The summed E-state index contributed by atoms with van der Waals surface area (Å²) >= 11 is 1.54. The van der Waals surface area contributed by atoms with Crippen molar-refractivity contribution >= 4 is 43.2 Å². The Balaban J connectivity index is 0.000000479. The number of nitrogens with zero attached hydrogens (tertiary/aromatic N) is 3. The fourth-order valence-corrected chi connectivity index (χ4v) is 5.61. The highest BCUT2D eigenvalue weighted by molar-refractivity contribution is 7.92. The van der Waals surface area contributed by atoms with Crippen molar-refractivity contribution in [3.05, 3.63) is 52.9 Å². The van der Waals surface area contributed by atoms with Gasteiger partial charge in [0.25, 0.3) is 10.0 Å². The van der Waals surface area contributed by atoms with Crippen molar-refractivity contribution in [2.75, 3.05) is 11.8 Å². The number of sulfonamides is 1. The fourth-order valence-electron chi connectivity index (χ4n) is 3.39. The number of imidazole rings is 1. The number of carboxylic acids is 1. The number of alkyl halides is 3. The van der Waals surface area contributed by atoms with Gasteiger partial charge in [0.15, 0.2) is 5.03 Å². The van der Waals surface area contributed by atoms with Crippen LogP contribution in [0, 0.1) is 20.8 Å². The van der Waals surface area contributed by atoms with Crippen molar-refractivity contribution in [3.8, 4) is 16.9 Å². The third-order valence-corrected chi connectivity index (χ3v) is 7.41. The maximum absolute atomic E-state index is 13.1. The van der Waals surface area contributed by atoms with Crippen LogP contribution in [0.5, 0.6) is 5.75 Å². The number of aliphatic carboxylic acids is 1. The lowest BCUT2D eigenvalue weighted by atomic mass is 10.0. The van der Waals surface area contributed by atoms with E-state index in [2.05, 4.69) is 14.7 Å². The molecule has 0 aliphatic carbocycles. The average Bonchev–Trinajstić information content (AvgIpc) is 3.31. The van der Waals surface area contributed by atoms with E-state index in [1.54, 1.807) is 31.7 Å². The van der Waals surface area contributed by atoms with Crippen LogP contribution in [-0.4, -0.2) is 47.3 Å². The summed E-state index contributed by atoms with van der Waals surface area (Å²) in [6.45, 7) is 5.62. The monoisotopic (exact) mass is 556 g/mol. The average molecular weight is 557 g/mol. The van der Waals surface area contributed by atoms with E-state index in [9.17, 15) is 21.6 Å². The molecule has 4 aromatic rings. The van der Waals surface area contributed by atoms with Crippen LogP contribution in [0.25, 0.3) is 21.3 Å². The molecule has 1 aromatic carbocycles. The zero-order valence-corrected chi connectivity index (χ0v) is 22.0. The third kappa shape index (κ3) is 6.20. The van der Waals surface area contributed by atoms with Gasteiger partial charge in [-0.25, -0.2) is 14.8 Å². The van der Waals surface area contributed by atoms with Gasteiger partial charge in [-0.15, -0.1) is 11.3 Å². The summed E-state index contributed by atoms with van der Waals surface area (Å²) < 4.78 is 67.6. The van der Waals surface area contributed by atoms with E-state index in [0.717, 1.165) is 37.7 Å². The Bertz CT molecular complexity index is 1560. The number of aryl methyl sites for hydroxylation is 4. The van der Waals surface area contributed by atoms with Gasteiger partial charge >= 0.3 is 12.1 Å². The summed E-state index contributed by atoms with van der Waals surface area (Å²) in [6.07, 6.45) is -3.58. The van der Waals surface area contributed by atoms with Crippen LogP contribution in [0.4, 0.5) is 18.9 Å². The van der Waals surface area contributed by atoms with Crippen molar-refractivity contribution in [2.24, 2.45) is 7.05 Å². The minimum absolute atomic E-state index is 0.0139. The predicted octanol–water partition coefficient (Wildman–Crippen LogP) is 5.06. The van der Waals surface area contributed by atoms with Crippen LogP contribution in [-0.2, 0) is 21.9 Å². The number of carboxylic acid groups (broad SMARTS) is 1. The van der Waals surface area contributed by atoms with Crippen molar-refractivity contribution < 1.29 is 36.2 Å². The molecule has 14 heteroatoms. The van der Waals surface area contributed by atoms with Crippen LogP contribution in [0.2, 0.25) is 0 Å². The highest BCUT2D eigenvalue weighted by atomic mass is 32.2. The topological polar surface area (TPSA) is 123 Å². The molecule has 198 valence electrons. The summed E-state index contributed by atoms with van der Waals surface area (Å²) in [5.41, 5.74) is 3.10. The molecule has 9 nitrogen and oxygen atoms in total. The molecule has 0 saturated heterocycles. The van der Waals surface area contributed by atoms with E-state index in [0.29, 0.717) is 11.5 Å². The molecule has 0 bridgehead atoms. The van der Waals surface area contributed by atoms with E-state index < -0.39 is 22.2 Å². The fraction of sp³-hybridized carbons (Fsp3) is 0.261. The van der Waals surface area contributed by atoms with Crippen LogP contribution in [0.1, 0.15) is 16.4 Å². The zero-order chi connectivity index (χ0) is 27.7. The summed E-state index contributed by atoms with van der Waals surface area (Å²) in [4.78, 5) is 19.5. The van der Waals surface area contributed by atoms with Crippen molar-refractivity contribution in [1.29, 1.82) is 0 Å². The minimum atomic E-state index is -5.08. The second kappa shape index (κ2) is 10.4. The number of pyridine rings is 1. The molecule has 0 amide bonds. The number of benzene rings is 1. The largest absolute Gasteiger partial charge is 0.497 e. The first-order valence-corrected chi connectivity index (χ1v) is 12.8. The molecule has 0 atom stereocenters. The Kier molecular flexibility index (Phi) is 7.83. The number of ether oxygens (including phenoxy) is 1. The van der Waals surface area contributed by atoms with Gasteiger partial charge in [-0.05, 0) is 44.5 Å². The maximum atomic E-state index is 13.1. The molecule has 37 heavy (non-hydrogen) atoms. The lowest BCUT2D eigenvalue weighted by molar-refractivity contribution is -0.192. The third-order valence-electron chi connectivity index (χ3n) is 5.17. The molecule has 4 rings (SSSR count). The summed E-state index contributed by atoms with van der Waals surface area (Å²) in [6, 6.07) is 9.47. The quantitative estimate of drug-likeness (QED) is 0.352. The Morgan fingerprint density at radius 1 is 1.16 bits per heavy atom. The van der Waals surface area contributed by atoms with Crippen molar-refractivity contribution in [1.82, 2.24) is 14.5 Å². The molecule has 3 heterocycles. The van der Waals surface area contributed by atoms with E-state index in [4.69, 9.17) is 14.6 Å². The molecular formula is C23H23F3N4O5S2. The summed E-state index contributed by atoms with van der Waals surface area (Å²) in [5.74, 6) is -1.40. The van der Waals surface area contributed by atoms with Gasteiger partial charge in [0.2, 0.25) is 0 Å². The Morgan fingerprint density at radius 3 is 2.35 bits per heavy atom. The van der Waals surface area contributed by atoms with E-state index in [-0.39, 0.29) is 5.03 Å². The number of aromatic nitrogens is 3. The Labute approximate surface area is 214 Å². The molecule has 0 aliphatic rings. The van der Waals surface area contributed by atoms with Crippen molar-refractivity contribution in [3.63, 3.8) is 0 Å². The van der Waals surface area contributed by atoms with E-state index in [1.807, 2.05) is 38.1 Å². The second-order valence-electron chi connectivity index (χ2n) is 7.90. The van der Waals surface area contributed by atoms with Crippen molar-refractivity contribution in [2.45, 2.75) is 32.0 Å². The lowest BCUT2D eigenvalue weighted by Crippen LogP contribution is -2.21. The highest BCUT2D eigenvalue weighted by Gasteiger charge is 2.38. The number of nitrogens with one attached hydrogen (secondary N) is 1. The normalized spacial score (nSPS) is 11.7. The molecule has 0 radical (unpaired) electrons. The molecule has 0 spiro atoms. The Morgan fingerprint density at radius 2 is 1.81 bits per heavy atom. The number of methoxy groups -OCH3 is 1. The highest BCUT2D eigenvalue weighted by Crippen LogP contribution is 2.42. The first-order chi connectivity index (χ1) is 17.1. The van der Waals surface area contributed by atoms with E-state index in [1.165, 1.54) is 17.5 Å². The number of hydrogen-bond acceptors (Lipinski definition) is 7. The SMILES string of the molecule is COc1cccc(-c2c(C)sc3nc(C)cc(NS(=O)(=O)c4cn(C)c(C)n4)c23)c1.O=C(O)C(F)(F)F. The number of rotatable bonds is 5. The molecule has 0 aliphatic heterocycles. The predicted molar refractivity (Wildman–Crippen MR) is 134 cm³/mol. The van der Waals surface area contributed by atoms with Crippen LogP contribution < -0.4 is 9.46 Å². The van der Waals surface area contributed by atoms with Crippen LogP contribution >= 0.6 is 11.3 Å². The zero-order valence-electron chi connectivity index (χ0n) is 20.3. The molecule has 0 unspecified atom stereocenters. The first kappa shape index (κ1) is 27.9. The summed E-state index contributed by atoms with van der Waals surface area (Å²) in [7, 11) is -0.470. The van der Waals surface area contributed by atoms with E-state index >= 15 is 0 Å². The summed E-state index contributed by atoms with van der Waals surface area (Å²) in [5, 5.41) is 7.88. The number of carbonyl (C=O) groups is 1. The van der Waals surface area contributed by atoms with Gasteiger partial charge < -0.3 is 14.4 Å². The number of thiophene rings is 1. The van der Waals surface area contributed by atoms with Gasteiger partial charge in [0, 0.05) is 34.8 Å². The second-order valence-corrected chi connectivity index (χ2v) is 10.7. The number of halogens is 3. The van der Waals surface area contributed by atoms with Crippen LogP contribution in [0.3, 0.4) is 0 Å². The number of hydrogen-bond donors (Lipinski definition) is 2. The Hall–Kier alpha value is -3.65. The van der Waals surface area contributed by atoms with Gasteiger partial charge in [0.1, 0.15) is 16.4 Å². The molecule has 0 saturated carbocycles. The van der Waals surface area contributed by atoms with Gasteiger partial charge in [-0.2, -0.15) is 21.6 Å². The minimum Gasteiger partial charge on any atom is -0.497 e. The number of anilines is 1. The number of fused-ring (bicyclic) bond motifs is 1. The van der Waals surface area contributed by atoms with Gasteiger partial charge in [0.05, 0.1) is 12.8 Å². The molecule has 0 fully saturated rings. The maximum Gasteiger partial charge on any atom is 0.490 e. The molecular weight excluding hydrogens is 533 g/mol. The molecule has 3 aromatic heterocycles. The van der Waals surface area contributed by atoms with Gasteiger partial charge in [-0.3, -0.25) is 4.72 Å². The molecule has 2 N–H and O–H groups in total. The first-order valence-electron chi connectivity index (χ1n) is 10.5. The lowest BCUT2D eigenvalue weighted by Gasteiger charge is -2.11. The van der Waals surface area contributed by atoms with Gasteiger partial charge in [-0.1, -0.05) is 12.1 Å². The standard InChI is InChI=1S/C21H22N4O3S2.C2HF3O2/c1-12-9-17(24-30(26,27)18-11-25(4)14(3)23-18)20-19(13(2)29-21(20)22-12)15-7-6-8-16(10-15)28-5;3-2(4,5)1(6)7/h6-11H,1-5H3,(H,22,24);(H,6,7). The smallest absolute Gasteiger partial charge is 0.490 e. The van der Waals surface area contributed by atoms with Crippen LogP contribution in [0.15, 0.2) is 41.6 Å².